The van der Waals surface area contributed by atoms with Crippen LogP contribution in [0.1, 0.15) is 12.5 Å². The van der Waals surface area contributed by atoms with E-state index in [9.17, 15) is 5.11 Å². The van der Waals surface area contributed by atoms with E-state index in [1.54, 1.807) is 20.3 Å². The molecule has 1 aromatic heterocycles. The molecule has 0 saturated heterocycles. The molecule has 0 atom stereocenters. The van der Waals surface area contributed by atoms with Crippen molar-refractivity contribution < 1.29 is 14.6 Å². The third-order valence-electron chi connectivity index (χ3n) is 3.95. The summed E-state index contributed by atoms with van der Waals surface area (Å²) in [5.41, 5.74) is 3.75. The van der Waals surface area contributed by atoms with Crippen LogP contribution in [0.4, 0.5) is 0 Å². The Morgan fingerprint density at radius 3 is 2.33 bits per heavy atom. The molecule has 0 spiro atoms. The molecule has 0 bridgehead atoms. The highest BCUT2D eigenvalue weighted by Gasteiger charge is 2.18. The van der Waals surface area contributed by atoms with Crippen molar-refractivity contribution in [2.24, 2.45) is 0 Å². The average Bonchev–Trinajstić information content (AvgIpc) is 3.10. The molecule has 0 saturated carbocycles. The summed E-state index contributed by atoms with van der Waals surface area (Å²) in [7, 11) is 3.21. The Labute approximate surface area is 140 Å². The molecule has 124 valence electrons. The van der Waals surface area contributed by atoms with E-state index in [1.807, 2.05) is 37.3 Å². The summed E-state index contributed by atoms with van der Waals surface area (Å²) < 4.78 is 10.5. The summed E-state index contributed by atoms with van der Waals surface area (Å²) in [4.78, 5) is 0. The molecule has 3 rings (SSSR count). The summed E-state index contributed by atoms with van der Waals surface area (Å²) in [5.74, 6) is 1.53. The van der Waals surface area contributed by atoms with Crippen LogP contribution in [0.15, 0.2) is 36.4 Å². The number of aromatic nitrogens is 3. The Hall–Kier alpha value is -3.02. The quantitative estimate of drug-likeness (QED) is 0.751. The number of hydrogen-bond acceptors (Lipinski definition) is 5. The molecule has 2 N–H and O–H groups in total. The molecule has 1 heterocycles. The molecule has 0 aliphatic heterocycles. The summed E-state index contributed by atoms with van der Waals surface area (Å²) in [6, 6.07) is 11.0. The van der Waals surface area contributed by atoms with Gasteiger partial charge in [0.2, 0.25) is 0 Å². The van der Waals surface area contributed by atoms with Crippen LogP contribution in [0.5, 0.6) is 17.2 Å². The Bertz CT molecular complexity index is 841. The second kappa shape index (κ2) is 6.62. The number of aryl methyl sites for hydroxylation is 1. The van der Waals surface area contributed by atoms with Gasteiger partial charge in [-0.05, 0) is 42.3 Å². The fraction of sp³-hybridized carbons (Fsp3) is 0.222. The van der Waals surface area contributed by atoms with Gasteiger partial charge in [0.05, 0.1) is 14.2 Å². The van der Waals surface area contributed by atoms with Crippen LogP contribution in [0.2, 0.25) is 0 Å². The lowest BCUT2D eigenvalue weighted by molar-refractivity contribution is 0.403. The lowest BCUT2D eigenvalue weighted by Crippen LogP contribution is -1.93. The third-order valence-corrected chi connectivity index (χ3v) is 3.95. The van der Waals surface area contributed by atoms with Crippen molar-refractivity contribution in [2.75, 3.05) is 14.2 Å². The number of methoxy groups -OCH3 is 2. The van der Waals surface area contributed by atoms with Crippen molar-refractivity contribution in [2.45, 2.75) is 13.3 Å². The number of H-pyrrole nitrogens is 1. The van der Waals surface area contributed by atoms with Gasteiger partial charge in [-0.3, -0.25) is 0 Å². The maximum Gasteiger partial charge on any atom is 0.128 e. The van der Waals surface area contributed by atoms with Crippen molar-refractivity contribution in [3.8, 4) is 39.8 Å². The van der Waals surface area contributed by atoms with Gasteiger partial charge in [0.25, 0.3) is 0 Å². The van der Waals surface area contributed by atoms with E-state index in [-0.39, 0.29) is 5.75 Å². The SMILES string of the molecule is CCc1cc(-c2n[nH]nc2-c2ccc(OC)cc2)c(O)cc1OC. The van der Waals surface area contributed by atoms with Crippen molar-refractivity contribution in [1.29, 1.82) is 0 Å². The van der Waals surface area contributed by atoms with E-state index in [4.69, 9.17) is 9.47 Å². The number of nitrogens with zero attached hydrogens (tertiary/aromatic N) is 2. The first kappa shape index (κ1) is 15.9. The number of phenols is 1. The lowest BCUT2D eigenvalue weighted by atomic mass is 10.0. The zero-order chi connectivity index (χ0) is 17.1. The van der Waals surface area contributed by atoms with Crippen LogP contribution in [0.25, 0.3) is 22.5 Å². The molecule has 0 fully saturated rings. The van der Waals surface area contributed by atoms with E-state index in [2.05, 4.69) is 15.4 Å². The molecule has 6 nitrogen and oxygen atoms in total. The molecular formula is C18H19N3O3. The zero-order valence-corrected chi connectivity index (χ0v) is 13.8. The molecular weight excluding hydrogens is 306 g/mol. The fourth-order valence-electron chi connectivity index (χ4n) is 2.64. The molecule has 0 amide bonds. The first-order valence-corrected chi connectivity index (χ1v) is 7.63. The smallest absolute Gasteiger partial charge is 0.128 e. The minimum absolute atomic E-state index is 0.104. The van der Waals surface area contributed by atoms with Crippen molar-refractivity contribution >= 4 is 0 Å². The first-order valence-electron chi connectivity index (χ1n) is 7.63. The summed E-state index contributed by atoms with van der Waals surface area (Å²) in [6.45, 7) is 2.03. The number of aromatic amines is 1. The summed E-state index contributed by atoms with van der Waals surface area (Å²) >= 11 is 0. The van der Waals surface area contributed by atoms with Crippen LogP contribution in [-0.2, 0) is 6.42 Å². The van der Waals surface area contributed by atoms with E-state index in [0.29, 0.717) is 22.7 Å². The number of rotatable bonds is 5. The Morgan fingerprint density at radius 2 is 1.71 bits per heavy atom. The lowest BCUT2D eigenvalue weighted by Gasteiger charge is -2.11. The number of nitrogens with one attached hydrogen (secondary N) is 1. The molecule has 0 radical (unpaired) electrons. The van der Waals surface area contributed by atoms with Gasteiger partial charge in [0, 0.05) is 17.2 Å². The zero-order valence-electron chi connectivity index (χ0n) is 13.8. The normalized spacial score (nSPS) is 10.6. The van der Waals surface area contributed by atoms with E-state index >= 15 is 0 Å². The number of benzene rings is 2. The van der Waals surface area contributed by atoms with Gasteiger partial charge in [0.15, 0.2) is 0 Å². The molecule has 24 heavy (non-hydrogen) atoms. The van der Waals surface area contributed by atoms with Gasteiger partial charge < -0.3 is 14.6 Å². The van der Waals surface area contributed by atoms with Gasteiger partial charge in [-0.2, -0.15) is 15.4 Å². The summed E-state index contributed by atoms with van der Waals surface area (Å²) in [6.07, 6.45) is 0.784. The highest BCUT2D eigenvalue weighted by molar-refractivity contribution is 5.81. The van der Waals surface area contributed by atoms with Crippen LogP contribution in [0.3, 0.4) is 0 Å². The Balaban J connectivity index is 2.10. The van der Waals surface area contributed by atoms with Crippen LogP contribution in [0, 0.1) is 0 Å². The van der Waals surface area contributed by atoms with Crippen LogP contribution < -0.4 is 9.47 Å². The highest BCUT2D eigenvalue weighted by Crippen LogP contribution is 2.38. The van der Waals surface area contributed by atoms with Gasteiger partial charge in [-0.1, -0.05) is 6.92 Å². The van der Waals surface area contributed by atoms with E-state index < -0.39 is 0 Å². The topological polar surface area (TPSA) is 80.3 Å². The number of ether oxygens (including phenoxy) is 2. The second-order valence-electron chi connectivity index (χ2n) is 5.28. The largest absolute Gasteiger partial charge is 0.507 e. The maximum absolute atomic E-state index is 10.4. The molecule has 0 aliphatic rings. The molecule has 6 heteroatoms. The van der Waals surface area contributed by atoms with Crippen molar-refractivity contribution in [3.05, 3.63) is 42.0 Å². The molecule has 0 aliphatic carbocycles. The van der Waals surface area contributed by atoms with E-state index in [0.717, 1.165) is 23.3 Å². The standard InChI is InChI=1S/C18H19N3O3/c1-4-11-9-14(15(22)10-16(11)24-3)18-17(19-21-20-18)12-5-7-13(23-2)8-6-12/h5-10,22H,4H2,1-3H3,(H,19,20,21). The van der Waals surface area contributed by atoms with Gasteiger partial charge in [0.1, 0.15) is 28.6 Å². The monoisotopic (exact) mass is 325 g/mol. The van der Waals surface area contributed by atoms with Gasteiger partial charge in [-0.25, -0.2) is 0 Å². The minimum Gasteiger partial charge on any atom is -0.507 e. The Kier molecular flexibility index (Phi) is 4.37. The Morgan fingerprint density at radius 1 is 1.00 bits per heavy atom. The van der Waals surface area contributed by atoms with E-state index in [1.165, 1.54) is 0 Å². The third kappa shape index (κ3) is 2.78. The predicted octanol–water partition coefficient (Wildman–Crippen LogP) is 3.42. The maximum atomic E-state index is 10.4. The first-order chi connectivity index (χ1) is 11.7. The fourth-order valence-corrected chi connectivity index (χ4v) is 2.64. The number of hydrogen-bond donors (Lipinski definition) is 2. The van der Waals surface area contributed by atoms with Crippen molar-refractivity contribution in [1.82, 2.24) is 15.4 Å². The minimum atomic E-state index is 0.104. The number of phenolic OH excluding ortho intramolecular Hbond substituents is 1. The molecule has 2 aromatic carbocycles. The highest BCUT2D eigenvalue weighted by atomic mass is 16.5. The predicted molar refractivity (Wildman–Crippen MR) is 91.4 cm³/mol. The average molecular weight is 325 g/mol. The van der Waals surface area contributed by atoms with Crippen molar-refractivity contribution in [3.63, 3.8) is 0 Å². The van der Waals surface area contributed by atoms with Crippen LogP contribution in [-0.4, -0.2) is 34.7 Å². The number of aromatic hydroxyl groups is 1. The second-order valence-corrected chi connectivity index (χ2v) is 5.28. The molecule has 3 aromatic rings. The van der Waals surface area contributed by atoms with Gasteiger partial charge in [-0.15, -0.1) is 0 Å². The molecule has 0 unspecified atom stereocenters. The van der Waals surface area contributed by atoms with Gasteiger partial charge >= 0.3 is 0 Å². The van der Waals surface area contributed by atoms with Crippen LogP contribution >= 0.6 is 0 Å². The summed E-state index contributed by atoms with van der Waals surface area (Å²) in [5, 5.41) is 21.5.